The van der Waals surface area contributed by atoms with Gasteiger partial charge in [0.1, 0.15) is 6.04 Å². The molecule has 0 saturated carbocycles. The number of esters is 1. The molecule has 100 valence electrons. The van der Waals surface area contributed by atoms with Crippen LogP contribution >= 0.6 is 0 Å². The van der Waals surface area contributed by atoms with Crippen LogP contribution in [0.2, 0.25) is 0 Å². The highest BCUT2D eigenvalue weighted by Crippen LogP contribution is 2.14. The van der Waals surface area contributed by atoms with E-state index in [9.17, 15) is 14.4 Å². The zero-order valence-electron chi connectivity index (χ0n) is 10.6. The molecule has 2 rings (SSSR count). The van der Waals surface area contributed by atoms with Crippen molar-refractivity contribution in [3.8, 4) is 0 Å². The van der Waals surface area contributed by atoms with Gasteiger partial charge in [-0.2, -0.15) is 0 Å². The van der Waals surface area contributed by atoms with Gasteiger partial charge in [-0.05, 0) is 26.0 Å². The molecule has 0 saturated heterocycles. The van der Waals surface area contributed by atoms with Crippen LogP contribution in [0, 0.1) is 0 Å². The minimum Gasteiger partial charge on any atom is -0.464 e. The van der Waals surface area contributed by atoms with E-state index >= 15 is 0 Å². The lowest BCUT2D eigenvalue weighted by Gasteiger charge is -2.14. The van der Waals surface area contributed by atoms with E-state index < -0.39 is 23.4 Å². The third kappa shape index (κ3) is 2.29. The van der Waals surface area contributed by atoms with Crippen molar-refractivity contribution in [2.24, 2.45) is 0 Å². The number of hydrogen-bond acceptors (Lipinski definition) is 5. The second-order valence-electron chi connectivity index (χ2n) is 3.97. The monoisotopic (exact) mass is 263 g/mol. The van der Waals surface area contributed by atoms with Gasteiger partial charge in [-0.1, -0.05) is 12.1 Å². The van der Waals surface area contributed by atoms with E-state index in [2.05, 4.69) is 4.42 Å². The second kappa shape index (κ2) is 5.09. The van der Waals surface area contributed by atoms with Crippen LogP contribution in [-0.2, 0) is 9.53 Å². The number of rotatable bonds is 3. The van der Waals surface area contributed by atoms with E-state index in [1.165, 1.54) is 13.0 Å². The van der Waals surface area contributed by atoms with Crippen molar-refractivity contribution in [2.75, 3.05) is 6.61 Å². The zero-order chi connectivity index (χ0) is 14.0. The van der Waals surface area contributed by atoms with Crippen LogP contribution in [0.15, 0.2) is 38.3 Å². The summed E-state index contributed by atoms with van der Waals surface area (Å²) in [5.74, 6) is -1.42. The van der Waals surface area contributed by atoms with E-state index in [1.807, 2.05) is 0 Å². The third-order valence-electron chi connectivity index (χ3n) is 2.78. The number of carbonyl (C=O) groups excluding carboxylic acids is 1. The molecule has 1 atom stereocenters. The van der Waals surface area contributed by atoms with E-state index in [1.54, 1.807) is 25.1 Å². The Labute approximate surface area is 108 Å². The molecule has 1 aromatic heterocycles. The summed E-state index contributed by atoms with van der Waals surface area (Å²) in [6.07, 6.45) is 0. The molecular formula is C13H13NO5. The molecule has 0 aliphatic heterocycles. The van der Waals surface area contributed by atoms with Crippen molar-refractivity contribution >= 4 is 16.9 Å². The molecule has 6 nitrogen and oxygen atoms in total. The third-order valence-corrected chi connectivity index (χ3v) is 2.78. The van der Waals surface area contributed by atoms with Crippen molar-refractivity contribution in [3.63, 3.8) is 0 Å². The molecule has 0 bridgehead atoms. The summed E-state index contributed by atoms with van der Waals surface area (Å²) in [5.41, 5.74) is -0.364. The minimum absolute atomic E-state index is 0.215. The fraction of sp³-hybridized carbons (Fsp3) is 0.308. The van der Waals surface area contributed by atoms with Crippen molar-refractivity contribution < 1.29 is 13.9 Å². The van der Waals surface area contributed by atoms with Gasteiger partial charge >= 0.3 is 17.4 Å². The maximum Gasteiger partial charge on any atom is 0.423 e. The molecule has 0 aliphatic carbocycles. The van der Waals surface area contributed by atoms with Crippen LogP contribution in [0.3, 0.4) is 0 Å². The topological polar surface area (TPSA) is 78.5 Å². The molecule has 0 amide bonds. The average molecular weight is 263 g/mol. The van der Waals surface area contributed by atoms with Gasteiger partial charge < -0.3 is 9.15 Å². The summed E-state index contributed by atoms with van der Waals surface area (Å²) in [6.45, 7) is 3.41. The normalized spacial score (nSPS) is 12.3. The van der Waals surface area contributed by atoms with Gasteiger partial charge in [-0.25, -0.2) is 14.4 Å². The summed E-state index contributed by atoms with van der Waals surface area (Å²) >= 11 is 0. The Balaban J connectivity index is 2.70. The van der Waals surface area contributed by atoms with E-state index in [0.29, 0.717) is 5.52 Å². The number of benzene rings is 1. The molecule has 1 unspecified atom stereocenters. The van der Waals surface area contributed by atoms with Gasteiger partial charge in [0.15, 0.2) is 0 Å². The van der Waals surface area contributed by atoms with Crippen LogP contribution in [-0.4, -0.2) is 17.1 Å². The molecule has 0 aliphatic rings. The Kier molecular flexibility index (Phi) is 3.50. The first kappa shape index (κ1) is 13.1. The highest BCUT2D eigenvalue weighted by molar-refractivity contribution is 5.81. The Hall–Kier alpha value is -2.37. The van der Waals surface area contributed by atoms with Gasteiger partial charge in [0.2, 0.25) is 0 Å². The molecule has 0 N–H and O–H groups in total. The minimum atomic E-state index is -0.871. The van der Waals surface area contributed by atoms with Crippen molar-refractivity contribution in [1.29, 1.82) is 0 Å². The first-order chi connectivity index (χ1) is 9.06. The van der Waals surface area contributed by atoms with Gasteiger partial charge in [-0.3, -0.25) is 4.57 Å². The maximum absolute atomic E-state index is 11.8. The number of para-hydroxylation sites is 1. The van der Waals surface area contributed by atoms with E-state index in [4.69, 9.17) is 4.74 Å². The van der Waals surface area contributed by atoms with Gasteiger partial charge in [0.25, 0.3) is 0 Å². The standard InChI is InChI=1S/C13H13NO5/c1-3-18-11(15)8(2)14-10-7-5-4-6-9(10)12(16)19-13(14)17/h4-8H,3H2,1-2H3. The summed E-state index contributed by atoms with van der Waals surface area (Å²) in [7, 11) is 0. The van der Waals surface area contributed by atoms with E-state index in [0.717, 1.165) is 4.57 Å². The number of aromatic nitrogens is 1. The Morgan fingerprint density at radius 1 is 1.37 bits per heavy atom. The number of nitrogens with zero attached hydrogens (tertiary/aromatic N) is 1. The molecule has 19 heavy (non-hydrogen) atoms. The lowest BCUT2D eigenvalue weighted by Crippen LogP contribution is -2.32. The van der Waals surface area contributed by atoms with Gasteiger partial charge in [0, 0.05) is 0 Å². The summed E-state index contributed by atoms with van der Waals surface area (Å²) < 4.78 is 10.6. The summed E-state index contributed by atoms with van der Waals surface area (Å²) in [6, 6.07) is 5.60. The van der Waals surface area contributed by atoms with Gasteiger partial charge in [-0.15, -0.1) is 0 Å². The largest absolute Gasteiger partial charge is 0.464 e. The molecule has 0 fully saturated rings. The summed E-state index contributed by atoms with van der Waals surface area (Å²) in [5, 5.41) is 0.248. The Morgan fingerprint density at radius 2 is 2.05 bits per heavy atom. The van der Waals surface area contributed by atoms with E-state index in [-0.39, 0.29) is 12.0 Å². The van der Waals surface area contributed by atoms with Gasteiger partial charge in [0.05, 0.1) is 17.5 Å². The first-order valence-corrected chi connectivity index (χ1v) is 5.87. The lowest BCUT2D eigenvalue weighted by atomic mass is 10.2. The highest BCUT2D eigenvalue weighted by atomic mass is 16.5. The van der Waals surface area contributed by atoms with Crippen LogP contribution in [0.5, 0.6) is 0 Å². The predicted molar refractivity (Wildman–Crippen MR) is 68.1 cm³/mol. The fourth-order valence-electron chi connectivity index (χ4n) is 1.87. The molecule has 2 aromatic rings. The van der Waals surface area contributed by atoms with Crippen molar-refractivity contribution in [1.82, 2.24) is 4.57 Å². The molecule has 1 heterocycles. The number of hydrogen-bond donors (Lipinski definition) is 0. The summed E-state index contributed by atoms with van der Waals surface area (Å²) in [4.78, 5) is 35.1. The molecule has 1 aromatic carbocycles. The molecular weight excluding hydrogens is 250 g/mol. The first-order valence-electron chi connectivity index (χ1n) is 5.87. The number of fused-ring (bicyclic) bond motifs is 1. The van der Waals surface area contributed by atoms with Crippen LogP contribution in [0.4, 0.5) is 0 Å². The van der Waals surface area contributed by atoms with Crippen LogP contribution in [0.1, 0.15) is 19.9 Å². The Bertz CT molecular complexity index is 728. The maximum atomic E-state index is 11.8. The van der Waals surface area contributed by atoms with Crippen molar-refractivity contribution in [2.45, 2.75) is 19.9 Å². The fourth-order valence-corrected chi connectivity index (χ4v) is 1.87. The van der Waals surface area contributed by atoms with Crippen molar-refractivity contribution in [3.05, 3.63) is 45.2 Å². The predicted octanol–water partition coefficient (Wildman–Crippen LogP) is 1.08. The molecule has 0 radical (unpaired) electrons. The zero-order valence-corrected chi connectivity index (χ0v) is 10.6. The average Bonchev–Trinajstić information content (AvgIpc) is 2.39. The van der Waals surface area contributed by atoms with Crippen LogP contribution < -0.4 is 11.4 Å². The SMILES string of the molecule is CCOC(=O)C(C)n1c(=O)oc(=O)c2ccccc21. The smallest absolute Gasteiger partial charge is 0.423 e. The molecule has 0 spiro atoms. The number of carbonyl (C=O) groups is 1. The quantitative estimate of drug-likeness (QED) is 0.774. The Morgan fingerprint density at radius 3 is 2.74 bits per heavy atom. The highest BCUT2D eigenvalue weighted by Gasteiger charge is 2.21. The molecule has 6 heteroatoms. The second-order valence-corrected chi connectivity index (χ2v) is 3.97. The van der Waals surface area contributed by atoms with Crippen LogP contribution in [0.25, 0.3) is 10.9 Å². The lowest BCUT2D eigenvalue weighted by molar-refractivity contribution is -0.146. The number of ether oxygens (including phenoxy) is 1.